The molecular formula is C15H22FIN2O2. The SMILES string of the molecule is CC(NCCCC[C@@H](CI)C(=O)NO)c1ccc(F)cc1. The number of hydroxylamine groups is 1. The van der Waals surface area contributed by atoms with Crippen LogP contribution in [-0.4, -0.2) is 22.1 Å². The predicted octanol–water partition coefficient (Wildman–Crippen LogP) is 3.20. The molecule has 0 fully saturated rings. The highest BCUT2D eigenvalue weighted by atomic mass is 127. The normalized spacial score (nSPS) is 13.7. The van der Waals surface area contributed by atoms with Gasteiger partial charge in [0.2, 0.25) is 5.91 Å². The Hall–Kier alpha value is -0.730. The zero-order valence-corrected chi connectivity index (χ0v) is 14.3. The largest absolute Gasteiger partial charge is 0.310 e. The molecule has 0 aliphatic carbocycles. The smallest absolute Gasteiger partial charge is 0.247 e. The van der Waals surface area contributed by atoms with Crippen LogP contribution in [0.1, 0.15) is 37.8 Å². The number of carbonyl (C=O) groups excluding carboxylic acids is 1. The molecule has 1 unspecified atom stereocenters. The second-order valence-electron chi connectivity index (χ2n) is 5.05. The van der Waals surface area contributed by atoms with Crippen LogP contribution in [0.15, 0.2) is 24.3 Å². The number of nitrogens with one attached hydrogen (secondary N) is 2. The molecule has 118 valence electrons. The molecule has 0 heterocycles. The fourth-order valence-corrected chi connectivity index (χ4v) is 2.91. The lowest BCUT2D eigenvalue weighted by atomic mass is 10.0. The topological polar surface area (TPSA) is 61.4 Å². The van der Waals surface area contributed by atoms with E-state index < -0.39 is 0 Å². The average Bonchev–Trinajstić information content (AvgIpc) is 2.50. The number of benzene rings is 1. The van der Waals surface area contributed by atoms with Crippen molar-refractivity contribution < 1.29 is 14.4 Å². The van der Waals surface area contributed by atoms with Crippen LogP contribution in [0.5, 0.6) is 0 Å². The number of hydrogen-bond acceptors (Lipinski definition) is 3. The quantitative estimate of drug-likeness (QED) is 0.193. The standard InChI is InChI=1S/C15H22FIN2O2/c1-11(12-5-7-14(16)8-6-12)18-9-3-2-4-13(10-17)15(20)19-21/h5-8,11,13,18,21H,2-4,9-10H2,1H3,(H,19,20)/t11?,13-/m0/s1. The summed E-state index contributed by atoms with van der Waals surface area (Å²) in [5.41, 5.74) is 2.77. The molecule has 0 aliphatic heterocycles. The van der Waals surface area contributed by atoms with Gasteiger partial charge in [0.1, 0.15) is 5.82 Å². The molecule has 0 aliphatic rings. The van der Waals surface area contributed by atoms with Gasteiger partial charge in [0.25, 0.3) is 0 Å². The number of halogens is 2. The van der Waals surface area contributed by atoms with E-state index in [1.54, 1.807) is 17.6 Å². The molecule has 3 N–H and O–H groups in total. The number of alkyl halides is 1. The first-order valence-corrected chi connectivity index (χ1v) is 8.59. The van der Waals surface area contributed by atoms with Crippen molar-refractivity contribution in [2.75, 3.05) is 11.0 Å². The first kappa shape index (κ1) is 18.3. The fourth-order valence-electron chi connectivity index (χ4n) is 2.07. The summed E-state index contributed by atoms with van der Waals surface area (Å²) in [4.78, 5) is 11.3. The van der Waals surface area contributed by atoms with Gasteiger partial charge in [-0.3, -0.25) is 10.0 Å². The first-order chi connectivity index (χ1) is 10.1. The van der Waals surface area contributed by atoms with Gasteiger partial charge in [-0.05, 0) is 44.0 Å². The Balaban J connectivity index is 2.21. The van der Waals surface area contributed by atoms with Crippen molar-refractivity contribution in [2.24, 2.45) is 5.92 Å². The number of carbonyl (C=O) groups is 1. The van der Waals surface area contributed by atoms with Crippen LogP contribution in [0.25, 0.3) is 0 Å². The number of unbranched alkanes of at least 4 members (excludes halogenated alkanes) is 1. The number of hydrogen-bond donors (Lipinski definition) is 3. The molecule has 0 aromatic heterocycles. The third-order valence-electron chi connectivity index (χ3n) is 3.47. The Morgan fingerprint density at radius 3 is 2.57 bits per heavy atom. The van der Waals surface area contributed by atoms with Crippen LogP contribution in [0, 0.1) is 11.7 Å². The van der Waals surface area contributed by atoms with Crippen molar-refractivity contribution in [3.05, 3.63) is 35.6 Å². The molecule has 6 heteroatoms. The third kappa shape index (κ3) is 6.71. The van der Waals surface area contributed by atoms with Crippen LogP contribution in [0.4, 0.5) is 4.39 Å². The molecule has 4 nitrogen and oxygen atoms in total. The second kappa shape index (κ2) is 10.1. The summed E-state index contributed by atoms with van der Waals surface area (Å²) in [7, 11) is 0. The van der Waals surface area contributed by atoms with Gasteiger partial charge in [-0.2, -0.15) is 0 Å². The maximum atomic E-state index is 12.8. The van der Waals surface area contributed by atoms with Gasteiger partial charge in [-0.1, -0.05) is 41.1 Å². The summed E-state index contributed by atoms with van der Waals surface area (Å²) >= 11 is 2.15. The van der Waals surface area contributed by atoms with Crippen molar-refractivity contribution in [1.82, 2.24) is 10.8 Å². The van der Waals surface area contributed by atoms with E-state index in [1.807, 2.05) is 6.92 Å². The van der Waals surface area contributed by atoms with E-state index >= 15 is 0 Å². The summed E-state index contributed by atoms with van der Waals surface area (Å²) in [6.07, 6.45) is 2.64. The van der Waals surface area contributed by atoms with Gasteiger partial charge in [-0.15, -0.1) is 0 Å². The van der Waals surface area contributed by atoms with E-state index in [2.05, 4.69) is 27.9 Å². The fraction of sp³-hybridized carbons (Fsp3) is 0.533. The summed E-state index contributed by atoms with van der Waals surface area (Å²) in [6, 6.07) is 6.67. The van der Waals surface area contributed by atoms with Gasteiger partial charge in [0.15, 0.2) is 0 Å². The highest BCUT2D eigenvalue weighted by molar-refractivity contribution is 14.1. The molecular weight excluding hydrogens is 386 g/mol. The zero-order valence-electron chi connectivity index (χ0n) is 12.1. The highest BCUT2D eigenvalue weighted by Crippen LogP contribution is 2.14. The van der Waals surface area contributed by atoms with Gasteiger partial charge < -0.3 is 5.32 Å². The summed E-state index contributed by atoms with van der Waals surface area (Å²) in [5, 5.41) is 12.0. The maximum absolute atomic E-state index is 12.8. The number of rotatable bonds is 9. The van der Waals surface area contributed by atoms with Gasteiger partial charge in [0.05, 0.1) is 0 Å². The minimum atomic E-state index is -0.308. The minimum absolute atomic E-state index is 0.134. The molecule has 1 aromatic carbocycles. The Bertz CT molecular complexity index is 428. The highest BCUT2D eigenvalue weighted by Gasteiger charge is 2.15. The summed E-state index contributed by atoms with van der Waals surface area (Å²) < 4.78 is 13.5. The Morgan fingerprint density at radius 2 is 2.00 bits per heavy atom. The third-order valence-corrected chi connectivity index (χ3v) is 4.53. The van der Waals surface area contributed by atoms with Crippen molar-refractivity contribution in [2.45, 2.75) is 32.2 Å². The van der Waals surface area contributed by atoms with Crippen LogP contribution in [-0.2, 0) is 4.79 Å². The van der Waals surface area contributed by atoms with Crippen LogP contribution in [0.3, 0.4) is 0 Å². The Labute approximate surface area is 138 Å². The summed E-state index contributed by atoms with van der Waals surface area (Å²) in [6.45, 7) is 2.88. The molecule has 21 heavy (non-hydrogen) atoms. The molecule has 0 spiro atoms. The molecule has 0 radical (unpaired) electrons. The molecule has 0 saturated heterocycles. The van der Waals surface area contributed by atoms with Crippen molar-refractivity contribution in [3.8, 4) is 0 Å². The Kier molecular flexibility index (Phi) is 8.79. The maximum Gasteiger partial charge on any atom is 0.247 e. The molecule has 1 rings (SSSR count). The Morgan fingerprint density at radius 1 is 1.33 bits per heavy atom. The second-order valence-corrected chi connectivity index (χ2v) is 5.93. The van der Waals surface area contributed by atoms with Gasteiger partial charge in [0, 0.05) is 16.4 Å². The van der Waals surface area contributed by atoms with Crippen LogP contribution >= 0.6 is 22.6 Å². The first-order valence-electron chi connectivity index (χ1n) is 7.07. The minimum Gasteiger partial charge on any atom is -0.310 e. The lowest BCUT2D eigenvalue weighted by molar-refractivity contribution is -0.132. The van der Waals surface area contributed by atoms with E-state index in [9.17, 15) is 9.18 Å². The van der Waals surface area contributed by atoms with Gasteiger partial charge in [-0.25, -0.2) is 9.87 Å². The lowest BCUT2D eigenvalue weighted by Gasteiger charge is -2.15. The van der Waals surface area contributed by atoms with Crippen LogP contribution in [0.2, 0.25) is 0 Å². The molecule has 1 aromatic rings. The van der Waals surface area contributed by atoms with E-state index in [0.717, 1.165) is 31.4 Å². The van der Waals surface area contributed by atoms with Crippen molar-refractivity contribution in [3.63, 3.8) is 0 Å². The predicted molar refractivity (Wildman–Crippen MR) is 89.0 cm³/mol. The van der Waals surface area contributed by atoms with E-state index in [1.165, 1.54) is 12.1 Å². The zero-order chi connectivity index (χ0) is 15.7. The van der Waals surface area contributed by atoms with Gasteiger partial charge >= 0.3 is 0 Å². The monoisotopic (exact) mass is 408 g/mol. The average molecular weight is 408 g/mol. The van der Waals surface area contributed by atoms with E-state index in [0.29, 0.717) is 4.43 Å². The van der Waals surface area contributed by atoms with Crippen molar-refractivity contribution >= 4 is 28.5 Å². The van der Waals surface area contributed by atoms with E-state index in [-0.39, 0.29) is 23.7 Å². The number of amides is 1. The molecule has 0 saturated carbocycles. The summed E-state index contributed by atoms with van der Waals surface area (Å²) in [5.74, 6) is -0.667. The lowest BCUT2D eigenvalue weighted by Crippen LogP contribution is -2.29. The molecule has 0 bridgehead atoms. The van der Waals surface area contributed by atoms with Crippen LogP contribution < -0.4 is 10.8 Å². The van der Waals surface area contributed by atoms with Crippen molar-refractivity contribution in [1.29, 1.82) is 0 Å². The molecule has 1 amide bonds. The van der Waals surface area contributed by atoms with E-state index in [4.69, 9.17) is 5.21 Å². The molecule has 2 atom stereocenters.